The fourth-order valence-corrected chi connectivity index (χ4v) is 5.05. The largest absolute Gasteiger partial charge is 0.356 e. The first-order valence-corrected chi connectivity index (χ1v) is 9.65. The van der Waals surface area contributed by atoms with Gasteiger partial charge in [0.15, 0.2) is 0 Å². The minimum atomic E-state index is -2.85. The van der Waals surface area contributed by atoms with Crippen LogP contribution in [0.2, 0.25) is 0 Å². The van der Waals surface area contributed by atoms with Crippen molar-refractivity contribution < 1.29 is 13.6 Å². The number of nitrogens with zero attached hydrogens (tertiary/aromatic N) is 4. The molecule has 0 spiro atoms. The first-order valence-electron chi connectivity index (χ1n) is 9.65. The van der Waals surface area contributed by atoms with Gasteiger partial charge in [0.2, 0.25) is 5.95 Å². The van der Waals surface area contributed by atoms with Crippen LogP contribution in [0.5, 0.6) is 0 Å². The summed E-state index contributed by atoms with van der Waals surface area (Å²) in [6.07, 6.45) is 1.87. The molecular formula is C19H24F2N4O. The molecule has 1 unspecified atom stereocenters. The van der Waals surface area contributed by atoms with Gasteiger partial charge < -0.3 is 14.6 Å². The molecule has 0 N–H and O–H groups in total. The molecule has 0 radical (unpaired) electrons. The van der Waals surface area contributed by atoms with E-state index in [4.69, 9.17) is 4.98 Å². The summed E-state index contributed by atoms with van der Waals surface area (Å²) in [5.41, 5.74) is 0.578. The Bertz CT molecular complexity index is 771. The summed E-state index contributed by atoms with van der Waals surface area (Å²) in [6.45, 7) is 6.21. The number of hydrogen-bond acceptors (Lipinski definition) is 5. The number of Topliss-reactive ketones (excluding diaryl/α,β-unsaturated/α-hetero) is 1. The fraction of sp³-hybridized carbons (Fsp3) is 0.737. The highest BCUT2D eigenvalue weighted by Gasteiger charge is 2.56. The van der Waals surface area contributed by atoms with Gasteiger partial charge in [-0.2, -0.15) is 13.8 Å². The van der Waals surface area contributed by atoms with Gasteiger partial charge in [0.05, 0.1) is 0 Å². The number of alkyl halides is 2. The number of halogens is 2. The third-order valence-corrected chi connectivity index (χ3v) is 6.78. The number of anilines is 2. The average molecular weight is 362 g/mol. The summed E-state index contributed by atoms with van der Waals surface area (Å²) in [5.74, 6) is 0.0727. The molecule has 3 heterocycles. The zero-order valence-electron chi connectivity index (χ0n) is 15.2. The van der Waals surface area contributed by atoms with E-state index >= 15 is 0 Å². The van der Waals surface area contributed by atoms with Gasteiger partial charge in [0, 0.05) is 44.1 Å². The Labute approximate surface area is 151 Å². The molecule has 2 saturated heterocycles. The molecule has 1 aromatic heterocycles. The van der Waals surface area contributed by atoms with E-state index in [1.807, 2.05) is 4.90 Å². The van der Waals surface area contributed by atoms with Crippen molar-refractivity contribution in [2.24, 2.45) is 17.8 Å². The maximum atomic E-state index is 14.4. The molecular weight excluding hydrogens is 338 g/mol. The fourth-order valence-electron chi connectivity index (χ4n) is 5.05. The van der Waals surface area contributed by atoms with Gasteiger partial charge in [-0.05, 0) is 44.4 Å². The maximum absolute atomic E-state index is 14.4. The Morgan fingerprint density at radius 1 is 1.27 bits per heavy atom. The highest BCUT2D eigenvalue weighted by atomic mass is 19.3. The zero-order chi connectivity index (χ0) is 18.2. The highest BCUT2D eigenvalue weighted by Crippen LogP contribution is 2.55. The molecule has 0 amide bonds. The van der Waals surface area contributed by atoms with Gasteiger partial charge in [-0.25, -0.2) is 4.98 Å². The number of ketones is 1. The Balaban J connectivity index is 1.45. The highest BCUT2D eigenvalue weighted by molar-refractivity contribution is 5.76. The third kappa shape index (κ3) is 2.35. The summed E-state index contributed by atoms with van der Waals surface area (Å²) in [4.78, 5) is 24.6. The van der Waals surface area contributed by atoms with E-state index < -0.39 is 5.92 Å². The van der Waals surface area contributed by atoms with Gasteiger partial charge in [-0.15, -0.1) is 0 Å². The normalized spacial score (nSPS) is 33.7. The number of carbonyl (C=O) groups is 1. The van der Waals surface area contributed by atoms with Crippen LogP contribution in [-0.4, -0.2) is 41.4 Å². The van der Waals surface area contributed by atoms with Crippen LogP contribution in [-0.2, 0) is 17.1 Å². The summed E-state index contributed by atoms with van der Waals surface area (Å²) in [7, 11) is 0. The average Bonchev–Trinajstić information content (AvgIpc) is 2.93. The van der Waals surface area contributed by atoms with Gasteiger partial charge in [0.1, 0.15) is 17.3 Å². The molecule has 1 saturated carbocycles. The minimum Gasteiger partial charge on any atom is -0.356 e. The molecule has 2 aliphatic carbocycles. The Kier molecular flexibility index (Phi) is 3.38. The van der Waals surface area contributed by atoms with E-state index in [0.29, 0.717) is 48.1 Å². The predicted octanol–water partition coefficient (Wildman–Crippen LogP) is 2.77. The van der Waals surface area contributed by atoms with Crippen molar-refractivity contribution in [1.82, 2.24) is 9.97 Å². The summed E-state index contributed by atoms with van der Waals surface area (Å²) in [6, 6.07) is 0.308. The van der Waals surface area contributed by atoms with E-state index in [1.54, 1.807) is 6.92 Å². The van der Waals surface area contributed by atoms with E-state index in [-0.39, 0.29) is 17.9 Å². The minimum absolute atomic E-state index is 0.0579. The number of carbonyl (C=O) groups excluding carboxylic acids is 1. The second-order valence-corrected chi connectivity index (χ2v) is 8.51. The van der Waals surface area contributed by atoms with E-state index in [9.17, 15) is 13.6 Å². The lowest BCUT2D eigenvalue weighted by atomic mass is 10.1. The Hall–Kier alpha value is -1.79. The van der Waals surface area contributed by atoms with Crippen LogP contribution in [0.15, 0.2) is 0 Å². The van der Waals surface area contributed by atoms with Crippen molar-refractivity contribution in [2.45, 2.75) is 51.5 Å². The van der Waals surface area contributed by atoms with Crippen molar-refractivity contribution in [2.75, 3.05) is 29.4 Å². The van der Waals surface area contributed by atoms with E-state index in [1.165, 1.54) is 0 Å². The quantitative estimate of drug-likeness (QED) is 0.824. The number of hydrogen-bond donors (Lipinski definition) is 0. The molecule has 3 fully saturated rings. The lowest BCUT2D eigenvalue weighted by Gasteiger charge is -2.39. The topological polar surface area (TPSA) is 49.3 Å². The van der Waals surface area contributed by atoms with Crippen molar-refractivity contribution in [3.63, 3.8) is 0 Å². The van der Waals surface area contributed by atoms with Crippen LogP contribution in [0.25, 0.3) is 0 Å². The van der Waals surface area contributed by atoms with Crippen LogP contribution in [0.3, 0.4) is 0 Å². The van der Waals surface area contributed by atoms with Crippen LogP contribution in [0.1, 0.15) is 44.4 Å². The monoisotopic (exact) mass is 362 g/mol. The summed E-state index contributed by atoms with van der Waals surface area (Å²) in [5, 5.41) is 0. The summed E-state index contributed by atoms with van der Waals surface area (Å²) >= 11 is 0. The van der Waals surface area contributed by atoms with Crippen LogP contribution < -0.4 is 9.80 Å². The molecule has 140 valence electrons. The second-order valence-electron chi connectivity index (χ2n) is 8.51. The smallest absolute Gasteiger partial charge is 0.290 e. The van der Waals surface area contributed by atoms with E-state index in [0.717, 1.165) is 31.9 Å². The van der Waals surface area contributed by atoms with Crippen molar-refractivity contribution >= 4 is 17.5 Å². The number of rotatable bonds is 4. The van der Waals surface area contributed by atoms with Gasteiger partial charge >= 0.3 is 0 Å². The first kappa shape index (κ1) is 16.4. The molecule has 4 atom stereocenters. The standard InChI is InChI=1S/C19H24F2N4O/c1-10-4-6-25(10)18-22-16-12(3-5-19(16,20)21)17(23-18)24-8-14-13(7-11(2)26)15(14)9-24/h10,13-15H,3-9H2,1-2H3/t10-,13?,14-,15+/m1/s1. The van der Waals surface area contributed by atoms with Crippen LogP contribution in [0.4, 0.5) is 20.5 Å². The Morgan fingerprint density at radius 3 is 2.58 bits per heavy atom. The van der Waals surface area contributed by atoms with Crippen molar-refractivity contribution in [3.05, 3.63) is 11.3 Å². The van der Waals surface area contributed by atoms with Gasteiger partial charge in [0.25, 0.3) is 5.92 Å². The predicted molar refractivity (Wildman–Crippen MR) is 93.7 cm³/mol. The molecule has 0 aromatic carbocycles. The molecule has 5 rings (SSSR count). The zero-order valence-corrected chi connectivity index (χ0v) is 15.2. The molecule has 0 bridgehead atoms. The third-order valence-electron chi connectivity index (χ3n) is 6.78. The van der Waals surface area contributed by atoms with Crippen molar-refractivity contribution in [1.29, 1.82) is 0 Å². The first-order chi connectivity index (χ1) is 12.3. The molecule has 5 nitrogen and oxygen atoms in total. The molecule has 2 aliphatic heterocycles. The van der Waals surface area contributed by atoms with Crippen molar-refractivity contribution in [3.8, 4) is 0 Å². The van der Waals surface area contributed by atoms with E-state index in [2.05, 4.69) is 16.8 Å². The lowest BCUT2D eigenvalue weighted by molar-refractivity contribution is -0.117. The molecule has 7 heteroatoms. The second kappa shape index (κ2) is 5.36. The molecule has 1 aromatic rings. The summed E-state index contributed by atoms with van der Waals surface area (Å²) < 4.78 is 28.8. The number of aromatic nitrogens is 2. The van der Waals surface area contributed by atoms with Gasteiger partial charge in [-0.1, -0.05) is 0 Å². The Morgan fingerprint density at radius 2 is 2.00 bits per heavy atom. The maximum Gasteiger partial charge on any atom is 0.290 e. The lowest BCUT2D eigenvalue weighted by Crippen LogP contribution is -2.47. The molecule has 26 heavy (non-hydrogen) atoms. The SMILES string of the molecule is CC(=O)CC1[C@H]2CN(c3nc(N4CC[C@H]4C)nc4c3CCC4(F)F)C[C@@H]12. The number of piperidine rings is 1. The van der Waals surface area contributed by atoms with Crippen LogP contribution in [0, 0.1) is 17.8 Å². The number of fused-ring (bicyclic) bond motifs is 2. The van der Waals surface area contributed by atoms with Gasteiger partial charge in [-0.3, -0.25) is 0 Å². The molecule has 4 aliphatic rings. The van der Waals surface area contributed by atoms with Crippen LogP contribution >= 0.6 is 0 Å².